The monoisotopic (exact) mass is 487 g/mol. The number of anilines is 1. The molecule has 2 aromatic heterocycles. The van der Waals surface area contributed by atoms with Crippen LogP contribution in [0, 0.1) is 20.8 Å². The molecule has 37 heavy (non-hydrogen) atoms. The van der Waals surface area contributed by atoms with Gasteiger partial charge in [-0.1, -0.05) is 60.7 Å². The Bertz CT molecular complexity index is 1580. The number of nitrogens with zero attached hydrogens (tertiary/aromatic N) is 4. The lowest BCUT2D eigenvalue weighted by Crippen LogP contribution is -2.38. The van der Waals surface area contributed by atoms with Crippen molar-refractivity contribution in [1.29, 1.82) is 0 Å². The highest BCUT2D eigenvalue weighted by molar-refractivity contribution is 5.91. The standard InChI is InChI=1S/C31H29N5O/c1-21-16-17-22(2)27(19-21)32-31(37)35-20-26-23(3)33-36(25-13-8-5-9-14-25)30(26)34-18-10-15-28(34)29(35)24-11-6-4-7-12-24/h4-19,29H,20H2,1-3H3,(H,32,37)/t29-/m0/s1. The van der Waals surface area contributed by atoms with Crippen LogP contribution in [0.4, 0.5) is 10.5 Å². The minimum Gasteiger partial charge on any atom is -0.308 e. The summed E-state index contributed by atoms with van der Waals surface area (Å²) in [5.41, 5.74) is 7.94. The molecule has 6 nitrogen and oxygen atoms in total. The van der Waals surface area contributed by atoms with Gasteiger partial charge in [-0.2, -0.15) is 5.10 Å². The van der Waals surface area contributed by atoms with E-state index in [-0.39, 0.29) is 12.1 Å². The van der Waals surface area contributed by atoms with Crippen LogP contribution in [0.3, 0.4) is 0 Å². The van der Waals surface area contributed by atoms with Crippen LogP contribution < -0.4 is 5.32 Å². The number of carbonyl (C=O) groups is 1. The number of fused-ring (bicyclic) bond motifs is 3. The third-order valence-electron chi connectivity index (χ3n) is 7.10. The molecule has 1 N–H and O–H groups in total. The second-order valence-electron chi connectivity index (χ2n) is 9.63. The molecule has 0 saturated carbocycles. The van der Waals surface area contributed by atoms with Gasteiger partial charge in [0, 0.05) is 17.4 Å². The Morgan fingerprint density at radius 1 is 0.892 bits per heavy atom. The van der Waals surface area contributed by atoms with E-state index in [4.69, 9.17) is 5.10 Å². The molecule has 0 aliphatic carbocycles. The van der Waals surface area contributed by atoms with Gasteiger partial charge in [0.25, 0.3) is 0 Å². The number of hydrogen-bond acceptors (Lipinski definition) is 2. The molecule has 6 heteroatoms. The summed E-state index contributed by atoms with van der Waals surface area (Å²) in [4.78, 5) is 16.0. The zero-order valence-corrected chi connectivity index (χ0v) is 21.2. The van der Waals surface area contributed by atoms with Crippen molar-refractivity contribution >= 4 is 11.7 Å². The Hall–Kier alpha value is -4.58. The molecule has 0 fully saturated rings. The number of amides is 2. The van der Waals surface area contributed by atoms with Gasteiger partial charge in [0.05, 0.1) is 29.7 Å². The summed E-state index contributed by atoms with van der Waals surface area (Å²) in [6.07, 6.45) is 2.07. The van der Waals surface area contributed by atoms with Gasteiger partial charge in [0.1, 0.15) is 5.82 Å². The van der Waals surface area contributed by atoms with Crippen molar-refractivity contribution in [1.82, 2.24) is 19.2 Å². The molecule has 0 saturated heterocycles. The van der Waals surface area contributed by atoms with E-state index in [0.717, 1.165) is 50.8 Å². The number of rotatable bonds is 3. The van der Waals surface area contributed by atoms with Gasteiger partial charge in [-0.15, -0.1) is 0 Å². The normalized spacial score (nSPS) is 14.6. The average molecular weight is 488 g/mol. The van der Waals surface area contributed by atoms with Crippen LogP contribution in [0.25, 0.3) is 11.5 Å². The smallest absolute Gasteiger partial charge is 0.308 e. The number of benzene rings is 3. The van der Waals surface area contributed by atoms with Crippen LogP contribution in [0.5, 0.6) is 0 Å². The van der Waals surface area contributed by atoms with E-state index < -0.39 is 0 Å². The van der Waals surface area contributed by atoms with E-state index in [2.05, 4.69) is 52.5 Å². The third kappa shape index (κ3) is 4.00. The lowest BCUT2D eigenvalue weighted by Gasteiger charge is -2.31. The van der Waals surface area contributed by atoms with E-state index in [0.29, 0.717) is 6.54 Å². The van der Waals surface area contributed by atoms with Gasteiger partial charge in [0.2, 0.25) is 0 Å². The van der Waals surface area contributed by atoms with Crippen LogP contribution in [-0.4, -0.2) is 25.3 Å². The number of carbonyl (C=O) groups excluding carboxylic acids is 1. The zero-order valence-electron chi connectivity index (χ0n) is 21.2. The fourth-order valence-electron chi connectivity index (χ4n) is 5.19. The first kappa shape index (κ1) is 22.9. The topological polar surface area (TPSA) is 55.1 Å². The molecule has 0 bridgehead atoms. The summed E-state index contributed by atoms with van der Waals surface area (Å²) in [5.74, 6) is 0.965. The largest absolute Gasteiger partial charge is 0.322 e. The molecule has 5 aromatic rings. The number of hydrogen-bond donors (Lipinski definition) is 1. The summed E-state index contributed by atoms with van der Waals surface area (Å²) in [6.45, 7) is 6.49. The SMILES string of the molecule is Cc1ccc(C)c(NC(=O)N2Cc3c(C)nn(-c4ccccc4)c3-n3cccc3[C@@H]2c2ccccc2)c1. The summed E-state index contributed by atoms with van der Waals surface area (Å²) in [6, 6.07) is 30.2. The summed E-state index contributed by atoms with van der Waals surface area (Å²) in [5, 5.41) is 8.13. The zero-order chi connectivity index (χ0) is 25.5. The molecule has 0 spiro atoms. The molecule has 184 valence electrons. The van der Waals surface area contributed by atoms with Crippen molar-refractivity contribution in [2.75, 3.05) is 5.32 Å². The minimum atomic E-state index is -0.280. The first-order chi connectivity index (χ1) is 18.0. The van der Waals surface area contributed by atoms with Gasteiger partial charge < -0.3 is 14.8 Å². The van der Waals surface area contributed by atoms with E-state index >= 15 is 0 Å². The van der Waals surface area contributed by atoms with Crippen LogP contribution in [-0.2, 0) is 6.54 Å². The van der Waals surface area contributed by atoms with Gasteiger partial charge >= 0.3 is 6.03 Å². The predicted octanol–water partition coefficient (Wildman–Crippen LogP) is 6.73. The summed E-state index contributed by atoms with van der Waals surface area (Å²) in [7, 11) is 0. The second kappa shape index (κ2) is 9.13. The molecule has 1 atom stereocenters. The highest BCUT2D eigenvalue weighted by Crippen LogP contribution is 2.38. The first-order valence-corrected chi connectivity index (χ1v) is 12.5. The molecule has 2 amide bonds. The number of para-hydroxylation sites is 1. The molecule has 1 aliphatic rings. The van der Waals surface area contributed by atoms with E-state index in [1.807, 2.05) is 85.0 Å². The Kier molecular flexibility index (Phi) is 5.64. The maximum Gasteiger partial charge on any atom is 0.322 e. The highest BCUT2D eigenvalue weighted by Gasteiger charge is 2.36. The maximum absolute atomic E-state index is 14.1. The Morgan fingerprint density at radius 2 is 1.62 bits per heavy atom. The average Bonchev–Trinajstić information content (AvgIpc) is 3.47. The number of aromatic nitrogens is 3. The van der Waals surface area contributed by atoms with Crippen LogP contribution in [0.2, 0.25) is 0 Å². The van der Waals surface area contributed by atoms with Crippen molar-refractivity contribution in [3.05, 3.63) is 131 Å². The lowest BCUT2D eigenvalue weighted by atomic mass is 10.0. The Balaban J connectivity index is 1.53. The van der Waals surface area contributed by atoms with Gasteiger partial charge in [-0.3, -0.25) is 0 Å². The Labute approximate surface area is 216 Å². The predicted molar refractivity (Wildman–Crippen MR) is 146 cm³/mol. The van der Waals surface area contributed by atoms with Crippen LogP contribution in [0.1, 0.15) is 39.7 Å². The van der Waals surface area contributed by atoms with Crippen molar-refractivity contribution in [3.63, 3.8) is 0 Å². The summed E-state index contributed by atoms with van der Waals surface area (Å²) >= 11 is 0. The van der Waals surface area contributed by atoms with E-state index in [9.17, 15) is 4.79 Å². The fourth-order valence-corrected chi connectivity index (χ4v) is 5.19. The number of urea groups is 1. The number of nitrogens with one attached hydrogen (secondary N) is 1. The van der Waals surface area contributed by atoms with Crippen molar-refractivity contribution in [2.45, 2.75) is 33.4 Å². The van der Waals surface area contributed by atoms with Crippen molar-refractivity contribution in [3.8, 4) is 11.5 Å². The molecule has 3 heterocycles. The second-order valence-corrected chi connectivity index (χ2v) is 9.63. The van der Waals surface area contributed by atoms with Gasteiger partial charge in [0.15, 0.2) is 0 Å². The number of aryl methyl sites for hydroxylation is 3. The van der Waals surface area contributed by atoms with Crippen molar-refractivity contribution < 1.29 is 4.79 Å². The molecule has 0 unspecified atom stereocenters. The molecule has 0 radical (unpaired) electrons. The van der Waals surface area contributed by atoms with Crippen LogP contribution >= 0.6 is 0 Å². The maximum atomic E-state index is 14.1. The van der Waals surface area contributed by atoms with Crippen LogP contribution in [0.15, 0.2) is 97.2 Å². The lowest BCUT2D eigenvalue weighted by molar-refractivity contribution is 0.194. The summed E-state index contributed by atoms with van der Waals surface area (Å²) < 4.78 is 4.17. The third-order valence-corrected chi connectivity index (χ3v) is 7.10. The molecule has 3 aromatic carbocycles. The van der Waals surface area contributed by atoms with Crippen molar-refractivity contribution in [2.24, 2.45) is 0 Å². The molecule has 6 rings (SSSR count). The molecule has 1 aliphatic heterocycles. The minimum absolute atomic E-state index is 0.144. The van der Waals surface area contributed by atoms with Gasteiger partial charge in [-0.25, -0.2) is 9.48 Å². The molecular weight excluding hydrogens is 458 g/mol. The fraction of sp³-hybridized carbons (Fsp3) is 0.161. The van der Waals surface area contributed by atoms with E-state index in [1.54, 1.807) is 0 Å². The molecular formula is C31H29N5O. The Morgan fingerprint density at radius 3 is 2.38 bits per heavy atom. The van der Waals surface area contributed by atoms with Gasteiger partial charge in [-0.05, 0) is 67.8 Å². The quantitative estimate of drug-likeness (QED) is 0.307. The van der Waals surface area contributed by atoms with E-state index in [1.165, 1.54) is 0 Å². The first-order valence-electron chi connectivity index (χ1n) is 12.5. The highest BCUT2D eigenvalue weighted by atomic mass is 16.2.